The molecule has 2 N–H and O–H groups in total. The van der Waals surface area contributed by atoms with Crippen molar-refractivity contribution in [3.8, 4) is 5.88 Å². The van der Waals surface area contributed by atoms with E-state index in [9.17, 15) is 0 Å². The molecule has 1 saturated heterocycles. The molecule has 0 amide bonds. The molecule has 1 aromatic rings. The van der Waals surface area contributed by atoms with Crippen LogP contribution in [0.1, 0.15) is 25.3 Å². The monoisotopic (exact) mass is 420 g/mol. The van der Waals surface area contributed by atoms with Gasteiger partial charge in [-0.2, -0.15) is 0 Å². The van der Waals surface area contributed by atoms with Gasteiger partial charge in [0.2, 0.25) is 5.88 Å². The van der Waals surface area contributed by atoms with Crippen LogP contribution in [0.4, 0.5) is 0 Å². The Balaban J connectivity index is 0.00000242. The standard InChI is InChI=1S/C15H24N4O2.HI/c1-3-20-14-9-12(6-7-17-14)10-18-15(16-2)19-11-13-5-4-8-21-13;/h6-7,9,13H,3-5,8,10-11H2,1-2H3,(H2,16,18,19);1H. The summed E-state index contributed by atoms with van der Waals surface area (Å²) in [4.78, 5) is 8.37. The van der Waals surface area contributed by atoms with Crippen LogP contribution in [0, 0.1) is 0 Å². The minimum absolute atomic E-state index is 0. The normalized spacial score (nSPS) is 17.7. The number of aliphatic imine (C=N–C) groups is 1. The van der Waals surface area contributed by atoms with E-state index >= 15 is 0 Å². The van der Waals surface area contributed by atoms with E-state index in [4.69, 9.17) is 9.47 Å². The number of pyridine rings is 1. The Morgan fingerprint density at radius 1 is 1.50 bits per heavy atom. The van der Waals surface area contributed by atoms with Gasteiger partial charge in [-0.15, -0.1) is 24.0 Å². The summed E-state index contributed by atoms with van der Waals surface area (Å²) in [5, 5.41) is 6.57. The summed E-state index contributed by atoms with van der Waals surface area (Å²) in [6.07, 6.45) is 4.32. The van der Waals surface area contributed by atoms with E-state index in [0.29, 0.717) is 25.1 Å². The zero-order valence-corrected chi connectivity index (χ0v) is 15.5. The molecule has 0 bridgehead atoms. The summed E-state index contributed by atoms with van der Waals surface area (Å²) < 4.78 is 11.0. The maximum absolute atomic E-state index is 5.58. The summed E-state index contributed by atoms with van der Waals surface area (Å²) >= 11 is 0. The van der Waals surface area contributed by atoms with Crippen molar-refractivity contribution >= 4 is 29.9 Å². The predicted octanol–water partition coefficient (Wildman–Crippen LogP) is 1.94. The fourth-order valence-electron chi connectivity index (χ4n) is 2.21. The Labute approximate surface area is 149 Å². The zero-order valence-electron chi connectivity index (χ0n) is 13.2. The molecule has 2 rings (SSSR count). The van der Waals surface area contributed by atoms with Gasteiger partial charge in [0.05, 0.1) is 12.7 Å². The second kappa shape index (κ2) is 10.6. The van der Waals surface area contributed by atoms with E-state index in [1.165, 1.54) is 0 Å². The van der Waals surface area contributed by atoms with Crippen LogP contribution in [0.2, 0.25) is 0 Å². The van der Waals surface area contributed by atoms with E-state index < -0.39 is 0 Å². The number of guanidine groups is 1. The van der Waals surface area contributed by atoms with Gasteiger partial charge in [0.1, 0.15) is 0 Å². The van der Waals surface area contributed by atoms with Gasteiger partial charge in [0, 0.05) is 39.0 Å². The Bertz CT molecular complexity index is 465. The molecule has 1 aliphatic rings. The Morgan fingerprint density at radius 3 is 3.05 bits per heavy atom. The van der Waals surface area contributed by atoms with Crippen LogP contribution in [-0.2, 0) is 11.3 Å². The fourth-order valence-corrected chi connectivity index (χ4v) is 2.21. The van der Waals surface area contributed by atoms with Gasteiger partial charge in [0.15, 0.2) is 5.96 Å². The third-order valence-corrected chi connectivity index (χ3v) is 3.30. The van der Waals surface area contributed by atoms with Crippen molar-refractivity contribution in [2.24, 2.45) is 4.99 Å². The molecule has 1 fully saturated rings. The van der Waals surface area contributed by atoms with Crippen molar-refractivity contribution in [2.75, 3.05) is 26.8 Å². The van der Waals surface area contributed by atoms with Crippen LogP contribution in [0.5, 0.6) is 5.88 Å². The molecule has 1 unspecified atom stereocenters. The quantitative estimate of drug-likeness (QED) is 0.419. The summed E-state index contributed by atoms with van der Waals surface area (Å²) in [6.45, 7) is 4.90. The lowest BCUT2D eigenvalue weighted by molar-refractivity contribution is 0.114. The van der Waals surface area contributed by atoms with E-state index in [1.54, 1.807) is 13.2 Å². The second-order valence-corrected chi connectivity index (χ2v) is 4.88. The number of nitrogens with zero attached hydrogens (tertiary/aromatic N) is 2. The first-order chi connectivity index (χ1) is 10.3. The molecule has 22 heavy (non-hydrogen) atoms. The molecule has 0 spiro atoms. The van der Waals surface area contributed by atoms with Crippen LogP contribution < -0.4 is 15.4 Å². The smallest absolute Gasteiger partial charge is 0.213 e. The van der Waals surface area contributed by atoms with Crippen molar-refractivity contribution in [3.05, 3.63) is 23.9 Å². The molecule has 0 aliphatic carbocycles. The lowest BCUT2D eigenvalue weighted by atomic mass is 10.2. The zero-order chi connectivity index (χ0) is 14.9. The number of hydrogen-bond donors (Lipinski definition) is 2. The molecule has 2 heterocycles. The Morgan fingerprint density at radius 2 is 2.36 bits per heavy atom. The molecule has 1 atom stereocenters. The number of aromatic nitrogens is 1. The van der Waals surface area contributed by atoms with Gasteiger partial charge in [-0.05, 0) is 31.4 Å². The molecule has 6 nitrogen and oxygen atoms in total. The van der Waals surface area contributed by atoms with Crippen molar-refractivity contribution in [1.82, 2.24) is 15.6 Å². The van der Waals surface area contributed by atoms with Gasteiger partial charge < -0.3 is 20.1 Å². The summed E-state index contributed by atoms with van der Waals surface area (Å²) in [5.41, 5.74) is 1.11. The molecular formula is C15H25IN4O2. The summed E-state index contributed by atoms with van der Waals surface area (Å²) in [7, 11) is 1.77. The topological polar surface area (TPSA) is 67.8 Å². The first-order valence-electron chi connectivity index (χ1n) is 7.45. The average Bonchev–Trinajstić information content (AvgIpc) is 3.01. The molecule has 1 aromatic heterocycles. The first-order valence-corrected chi connectivity index (χ1v) is 7.45. The Kier molecular flexibility index (Phi) is 9.14. The van der Waals surface area contributed by atoms with Crippen LogP contribution >= 0.6 is 24.0 Å². The third-order valence-electron chi connectivity index (χ3n) is 3.30. The van der Waals surface area contributed by atoms with Crippen molar-refractivity contribution in [3.63, 3.8) is 0 Å². The number of hydrogen-bond acceptors (Lipinski definition) is 4. The minimum Gasteiger partial charge on any atom is -0.478 e. The largest absolute Gasteiger partial charge is 0.478 e. The van der Waals surface area contributed by atoms with Crippen LogP contribution in [0.15, 0.2) is 23.3 Å². The highest BCUT2D eigenvalue weighted by molar-refractivity contribution is 14.0. The number of halogens is 1. The van der Waals surface area contributed by atoms with E-state index in [0.717, 1.165) is 37.5 Å². The molecule has 7 heteroatoms. The molecular weight excluding hydrogens is 395 g/mol. The Hall–Kier alpha value is -1.09. The lowest BCUT2D eigenvalue weighted by Crippen LogP contribution is -2.40. The minimum atomic E-state index is 0. The third kappa shape index (κ3) is 6.35. The summed E-state index contributed by atoms with van der Waals surface area (Å²) in [6, 6.07) is 3.90. The average molecular weight is 420 g/mol. The van der Waals surface area contributed by atoms with Crippen LogP contribution in [0.3, 0.4) is 0 Å². The van der Waals surface area contributed by atoms with E-state index in [2.05, 4.69) is 20.6 Å². The van der Waals surface area contributed by atoms with Crippen molar-refractivity contribution < 1.29 is 9.47 Å². The maximum Gasteiger partial charge on any atom is 0.213 e. The van der Waals surface area contributed by atoms with Gasteiger partial charge in [-0.1, -0.05) is 0 Å². The fraction of sp³-hybridized carbons (Fsp3) is 0.600. The summed E-state index contributed by atoms with van der Waals surface area (Å²) in [5.74, 6) is 1.43. The maximum atomic E-state index is 5.58. The molecule has 1 aliphatic heterocycles. The van der Waals surface area contributed by atoms with Crippen LogP contribution in [-0.4, -0.2) is 43.9 Å². The molecule has 0 saturated carbocycles. The molecule has 124 valence electrons. The van der Waals surface area contributed by atoms with Gasteiger partial charge >= 0.3 is 0 Å². The molecule has 0 aromatic carbocycles. The van der Waals surface area contributed by atoms with Crippen molar-refractivity contribution in [2.45, 2.75) is 32.4 Å². The van der Waals surface area contributed by atoms with Crippen LogP contribution in [0.25, 0.3) is 0 Å². The lowest BCUT2D eigenvalue weighted by Gasteiger charge is -2.15. The van der Waals surface area contributed by atoms with Crippen molar-refractivity contribution in [1.29, 1.82) is 0 Å². The van der Waals surface area contributed by atoms with Gasteiger partial charge in [-0.25, -0.2) is 4.98 Å². The van der Waals surface area contributed by atoms with E-state index in [-0.39, 0.29) is 24.0 Å². The van der Waals surface area contributed by atoms with Gasteiger partial charge in [-0.3, -0.25) is 4.99 Å². The highest BCUT2D eigenvalue weighted by Gasteiger charge is 2.15. The SMILES string of the molecule is CCOc1cc(CNC(=NC)NCC2CCCO2)ccn1.I. The number of nitrogens with one attached hydrogen (secondary N) is 2. The predicted molar refractivity (Wildman–Crippen MR) is 98.0 cm³/mol. The second-order valence-electron chi connectivity index (χ2n) is 4.88. The highest BCUT2D eigenvalue weighted by Crippen LogP contribution is 2.11. The van der Waals surface area contributed by atoms with Gasteiger partial charge in [0.25, 0.3) is 0 Å². The number of rotatable bonds is 6. The highest BCUT2D eigenvalue weighted by atomic mass is 127. The van der Waals surface area contributed by atoms with E-state index in [1.807, 2.05) is 19.1 Å². The number of ether oxygens (including phenoxy) is 2. The molecule has 0 radical (unpaired) electrons. The first kappa shape index (κ1) is 19.0.